The van der Waals surface area contributed by atoms with Gasteiger partial charge in [0.15, 0.2) is 0 Å². The van der Waals surface area contributed by atoms with E-state index in [4.69, 9.17) is 14.8 Å². The Morgan fingerprint density at radius 2 is 2.00 bits per heavy atom. The van der Waals surface area contributed by atoms with E-state index in [9.17, 15) is 4.39 Å². The number of hydrogen-bond acceptors (Lipinski definition) is 3. The molecule has 0 amide bonds. The maximum atomic E-state index is 12.5. The minimum absolute atomic E-state index is 0.165. The zero-order chi connectivity index (χ0) is 9.14. The van der Waals surface area contributed by atoms with Crippen LogP contribution in [0.25, 0.3) is 11.1 Å². The minimum Gasteiger partial charge on any atom is -0.495 e. The quantitative estimate of drug-likeness (QED) is 0.594. The fourth-order valence-electron chi connectivity index (χ4n) is 1.03. The first kappa shape index (κ1) is 9.03. The number of halogens is 1. The lowest BCUT2D eigenvalue weighted by Gasteiger charge is -1.81. The van der Waals surface area contributed by atoms with Gasteiger partial charge < -0.3 is 14.8 Å². The zero-order valence-electron chi connectivity index (χ0n) is 6.54. The summed E-state index contributed by atoms with van der Waals surface area (Å²) in [7, 11) is 0.800. The van der Waals surface area contributed by atoms with Crippen molar-refractivity contribution in [3.63, 3.8) is 0 Å². The second kappa shape index (κ2) is 3.56. The topological polar surface area (TPSA) is 49.7 Å². The van der Waals surface area contributed by atoms with E-state index in [1.54, 1.807) is 13.2 Å². The van der Waals surface area contributed by atoms with Crippen LogP contribution < -0.4 is 4.74 Å². The van der Waals surface area contributed by atoms with Crippen LogP contribution in [0.4, 0.5) is 4.39 Å². The lowest BCUT2D eigenvalue weighted by Crippen LogP contribution is -1.75. The molecule has 0 aliphatic heterocycles. The minimum atomic E-state index is -0.750. The van der Waals surface area contributed by atoms with Gasteiger partial charge in [-0.2, -0.15) is 0 Å². The molecule has 0 aromatic carbocycles. The first-order chi connectivity index (χ1) is 5.76. The van der Waals surface area contributed by atoms with Crippen molar-refractivity contribution in [3.8, 4) is 16.9 Å². The highest BCUT2D eigenvalue weighted by atomic mass is 19.1. The summed E-state index contributed by atoms with van der Waals surface area (Å²) in [5.41, 5.74) is 1.59. The Morgan fingerprint density at radius 1 is 1.42 bits per heavy atom. The Labute approximate surface area is 69.7 Å². The Balaban J connectivity index is 0.000000213. The second-order valence-electron chi connectivity index (χ2n) is 2.14. The third kappa shape index (κ3) is 1.42. The van der Waals surface area contributed by atoms with Gasteiger partial charge in [-0.25, -0.2) is 4.39 Å². The highest BCUT2D eigenvalue weighted by Gasteiger charge is 2.29. The van der Waals surface area contributed by atoms with Gasteiger partial charge in [0.2, 0.25) is 0 Å². The summed E-state index contributed by atoms with van der Waals surface area (Å²) in [6, 6.07) is 3.18. The van der Waals surface area contributed by atoms with Crippen LogP contribution >= 0.6 is 0 Å². The maximum absolute atomic E-state index is 12.5. The molecule has 2 aliphatic rings. The molecular formula is C7H8BFO3. The molecule has 0 bridgehead atoms. The van der Waals surface area contributed by atoms with Crippen LogP contribution in [-0.2, 0) is 0 Å². The molecule has 0 atom stereocenters. The summed E-state index contributed by atoms with van der Waals surface area (Å²) in [6.45, 7) is 0. The number of fused-ring (bicyclic) bond motifs is 1. The van der Waals surface area contributed by atoms with Crippen molar-refractivity contribution in [1.82, 2.24) is 0 Å². The van der Waals surface area contributed by atoms with E-state index >= 15 is 0 Å². The number of benzene rings is 1. The molecule has 0 saturated heterocycles. The summed E-state index contributed by atoms with van der Waals surface area (Å²) >= 11 is 0. The van der Waals surface area contributed by atoms with Crippen LogP contribution in [0.2, 0.25) is 0 Å². The molecular weight excluding hydrogens is 162 g/mol. The number of hydrogen-bond donors (Lipinski definition) is 2. The van der Waals surface area contributed by atoms with Crippen LogP contribution in [-0.4, -0.2) is 24.8 Å². The van der Waals surface area contributed by atoms with Crippen molar-refractivity contribution in [2.75, 3.05) is 7.11 Å². The van der Waals surface area contributed by atoms with Crippen LogP contribution in [0.15, 0.2) is 12.1 Å². The van der Waals surface area contributed by atoms with E-state index in [1.807, 2.05) is 0 Å². The molecule has 0 aromatic heterocycles. The Morgan fingerprint density at radius 3 is 2.25 bits per heavy atom. The van der Waals surface area contributed by atoms with Gasteiger partial charge in [0.25, 0.3) is 0 Å². The fourth-order valence-corrected chi connectivity index (χ4v) is 1.03. The van der Waals surface area contributed by atoms with Gasteiger partial charge in [-0.05, 0) is 12.1 Å². The zero-order valence-corrected chi connectivity index (χ0v) is 6.54. The van der Waals surface area contributed by atoms with Gasteiger partial charge in [0, 0.05) is 5.56 Å². The van der Waals surface area contributed by atoms with E-state index in [0.29, 0.717) is 5.56 Å². The second-order valence-corrected chi connectivity index (χ2v) is 2.14. The molecule has 0 spiro atoms. The van der Waals surface area contributed by atoms with Gasteiger partial charge in [-0.15, -0.1) is 0 Å². The first-order valence-electron chi connectivity index (χ1n) is 3.34. The standard InChI is InChI=1S/C7H5FO.BH3O2/c1-9-7-4-2-3-5(8)6(4)7;2-1-3/h2-3H,1H3;1-3H. The molecule has 0 fully saturated rings. The van der Waals surface area contributed by atoms with Crippen molar-refractivity contribution < 1.29 is 19.2 Å². The highest BCUT2D eigenvalue weighted by Crippen LogP contribution is 2.52. The Hall–Kier alpha value is -1.07. The summed E-state index contributed by atoms with van der Waals surface area (Å²) in [5.74, 6) is 0.553. The molecule has 3 nitrogen and oxygen atoms in total. The maximum Gasteiger partial charge on any atom is 0.432 e. The van der Waals surface area contributed by atoms with E-state index in [0.717, 1.165) is 11.3 Å². The predicted molar refractivity (Wildman–Crippen MR) is 43.5 cm³/mol. The van der Waals surface area contributed by atoms with Gasteiger partial charge in [-0.3, -0.25) is 0 Å². The summed E-state index contributed by atoms with van der Waals surface area (Å²) in [4.78, 5) is 0. The molecule has 12 heavy (non-hydrogen) atoms. The lowest BCUT2D eigenvalue weighted by atomic mass is 10.5. The summed E-state index contributed by atoms with van der Waals surface area (Å²) < 4.78 is 17.3. The van der Waals surface area contributed by atoms with Gasteiger partial charge in [0.05, 0.1) is 12.7 Å². The van der Waals surface area contributed by atoms with E-state index < -0.39 is 7.69 Å². The normalized spacial score (nSPS) is 9.67. The van der Waals surface area contributed by atoms with Crippen molar-refractivity contribution in [3.05, 3.63) is 17.9 Å². The molecule has 0 aromatic rings. The average molecular weight is 170 g/mol. The van der Waals surface area contributed by atoms with Crippen molar-refractivity contribution >= 4 is 7.69 Å². The van der Waals surface area contributed by atoms with Gasteiger partial charge >= 0.3 is 7.69 Å². The number of ether oxygens (including phenoxy) is 1. The van der Waals surface area contributed by atoms with Crippen molar-refractivity contribution in [2.45, 2.75) is 0 Å². The van der Waals surface area contributed by atoms with Crippen molar-refractivity contribution in [1.29, 1.82) is 0 Å². The Kier molecular flexibility index (Phi) is 2.67. The highest BCUT2D eigenvalue weighted by molar-refractivity contribution is 6.13. The summed E-state index contributed by atoms with van der Waals surface area (Å²) in [5, 5.41) is 14.2. The molecule has 0 unspecified atom stereocenters. The van der Waals surface area contributed by atoms with Crippen LogP contribution in [0.1, 0.15) is 0 Å². The number of methoxy groups -OCH3 is 1. The van der Waals surface area contributed by atoms with Crippen LogP contribution in [0.5, 0.6) is 5.75 Å². The summed E-state index contributed by atoms with van der Waals surface area (Å²) in [6.07, 6.45) is 0. The van der Waals surface area contributed by atoms with E-state index in [-0.39, 0.29) is 5.82 Å². The molecule has 2 rings (SSSR count). The molecule has 0 heterocycles. The number of rotatable bonds is 1. The molecule has 5 heteroatoms. The SMILES string of the molecule is COc1c2ccc(F)c1-2.OBO. The lowest BCUT2D eigenvalue weighted by molar-refractivity contribution is 0.429. The van der Waals surface area contributed by atoms with Gasteiger partial charge in [-0.1, -0.05) is 0 Å². The molecule has 0 radical (unpaired) electrons. The molecule has 0 saturated carbocycles. The molecule has 2 N–H and O–H groups in total. The molecule has 2 aliphatic carbocycles. The van der Waals surface area contributed by atoms with E-state index in [2.05, 4.69) is 0 Å². The Bertz CT molecular complexity index is 290. The van der Waals surface area contributed by atoms with Crippen molar-refractivity contribution in [2.24, 2.45) is 0 Å². The molecule has 64 valence electrons. The van der Waals surface area contributed by atoms with Crippen LogP contribution in [0.3, 0.4) is 0 Å². The largest absolute Gasteiger partial charge is 0.495 e. The van der Waals surface area contributed by atoms with Crippen LogP contribution in [0, 0.1) is 5.82 Å². The predicted octanol–water partition coefficient (Wildman–Crippen LogP) is 0.0522. The van der Waals surface area contributed by atoms with Gasteiger partial charge in [0.1, 0.15) is 11.6 Å². The van der Waals surface area contributed by atoms with E-state index in [1.165, 1.54) is 6.07 Å². The third-order valence-electron chi connectivity index (χ3n) is 1.52. The monoisotopic (exact) mass is 170 g/mol. The third-order valence-corrected chi connectivity index (χ3v) is 1.52. The average Bonchev–Trinajstić information content (AvgIpc) is 2.64. The first-order valence-corrected chi connectivity index (χ1v) is 3.34. The fraction of sp³-hybridized carbons (Fsp3) is 0.143. The smallest absolute Gasteiger partial charge is 0.432 e.